The van der Waals surface area contributed by atoms with E-state index in [1.54, 1.807) is 36.4 Å². The van der Waals surface area contributed by atoms with Gasteiger partial charge < -0.3 is 20.4 Å². The van der Waals surface area contributed by atoms with Crippen LogP contribution in [0.2, 0.25) is 0 Å². The molecule has 0 spiro atoms. The van der Waals surface area contributed by atoms with Crippen LogP contribution < -0.4 is 10.2 Å². The molecule has 3 N–H and O–H groups in total. The van der Waals surface area contributed by atoms with Gasteiger partial charge in [0.05, 0.1) is 11.3 Å². The molecule has 1 fully saturated rings. The third kappa shape index (κ3) is 7.00. The van der Waals surface area contributed by atoms with E-state index < -0.39 is 18.1 Å². The fraction of sp³-hybridized carbons (Fsp3) is 0.318. The Labute approximate surface area is 182 Å². The number of halogens is 3. The number of carboxylic acids is 2. The number of carbonyl (C=O) groups excluding carboxylic acids is 1. The molecule has 0 atom stereocenters. The largest absolute Gasteiger partial charge is 0.490 e. The van der Waals surface area contributed by atoms with Gasteiger partial charge in [-0.1, -0.05) is 25.1 Å². The van der Waals surface area contributed by atoms with Crippen LogP contribution in [0.3, 0.4) is 0 Å². The minimum atomic E-state index is -5.08. The Morgan fingerprint density at radius 2 is 1.56 bits per heavy atom. The summed E-state index contributed by atoms with van der Waals surface area (Å²) >= 11 is 0. The molecule has 0 unspecified atom stereocenters. The number of aliphatic carboxylic acids is 1. The van der Waals surface area contributed by atoms with Crippen LogP contribution in [0.25, 0.3) is 0 Å². The van der Waals surface area contributed by atoms with Gasteiger partial charge in [-0.15, -0.1) is 0 Å². The Balaban J connectivity index is 0.000000451. The van der Waals surface area contributed by atoms with E-state index in [1.165, 1.54) is 0 Å². The Kier molecular flexibility index (Phi) is 8.22. The van der Waals surface area contributed by atoms with Gasteiger partial charge in [0.1, 0.15) is 0 Å². The van der Waals surface area contributed by atoms with Gasteiger partial charge in [-0.3, -0.25) is 4.79 Å². The quantitative estimate of drug-likeness (QED) is 0.630. The molecule has 1 saturated heterocycles. The van der Waals surface area contributed by atoms with Gasteiger partial charge in [-0.2, -0.15) is 13.2 Å². The number of carboxylic acid groups (broad SMARTS) is 2. The Morgan fingerprint density at radius 3 is 2.06 bits per heavy atom. The molecule has 1 aliphatic rings. The first kappa shape index (κ1) is 24.7. The summed E-state index contributed by atoms with van der Waals surface area (Å²) in [6, 6.07) is 14.0. The zero-order valence-corrected chi connectivity index (χ0v) is 17.2. The van der Waals surface area contributed by atoms with Crippen LogP contribution >= 0.6 is 0 Å². The highest BCUT2D eigenvalue weighted by atomic mass is 19.4. The van der Waals surface area contributed by atoms with Crippen molar-refractivity contribution >= 4 is 29.2 Å². The lowest BCUT2D eigenvalue weighted by Gasteiger charge is -2.32. The highest BCUT2D eigenvalue weighted by Gasteiger charge is 2.38. The van der Waals surface area contributed by atoms with Crippen molar-refractivity contribution in [3.05, 3.63) is 59.7 Å². The molecule has 2 aromatic rings. The maximum Gasteiger partial charge on any atom is 0.490 e. The second kappa shape index (κ2) is 10.7. The van der Waals surface area contributed by atoms with Crippen molar-refractivity contribution < 1.29 is 37.8 Å². The number of amides is 1. The molecule has 1 heterocycles. The van der Waals surface area contributed by atoms with Crippen molar-refractivity contribution in [1.82, 2.24) is 0 Å². The van der Waals surface area contributed by atoms with Crippen LogP contribution in [-0.4, -0.2) is 47.3 Å². The van der Waals surface area contributed by atoms with Crippen molar-refractivity contribution in [2.45, 2.75) is 25.9 Å². The SMILES string of the molecule is CC1CCN(c2ccc(NC(=O)c3ccccc3)c(C(=O)O)c2)CC1.O=C(O)C(F)(F)F. The molecule has 1 aliphatic heterocycles. The highest BCUT2D eigenvalue weighted by Crippen LogP contribution is 2.27. The summed E-state index contributed by atoms with van der Waals surface area (Å²) in [6.45, 7) is 4.09. The number of nitrogens with zero attached hydrogens (tertiary/aromatic N) is 1. The van der Waals surface area contributed by atoms with Crippen LogP contribution in [0.4, 0.5) is 24.5 Å². The van der Waals surface area contributed by atoms with E-state index in [4.69, 9.17) is 9.90 Å². The number of alkyl halides is 3. The van der Waals surface area contributed by atoms with E-state index in [2.05, 4.69) is 17.1 Å². The van der Waals surface area contributed by atoms with E-state index in [0.717, 1.165) is 31.6 Å². The van der Waals surface area contributed by atoms with Gasteiger partial charge >= 0.3 is 18.1 Å². The molecule has 1 amide bonds. The highest BCUT2D eigenvalue weighted by molar-refractivity contribution is 6.08. The molecular formula is C22H23F3N2O5. The lowest BCUT2D eigenvalue weighted by atomic mass is 9.98. The van der Waals surface area contributed by atoms with Gasteiger partial charge in [0.15, 0.2) is 0 Å². The second-order valence-electron chi connectivity index (χ2n) is 7.33. The number of benzene rings is 2. The number of hydrogen-bond donors (Lipinski definition) is 3. The standard InChI is InChI=1S/C20H22N2O3.C2HF3O2/c1-14-9-11-22(12-10-14)16-7-8-18(17(13-16)20(24)25)21-19(23)15-5-3-2-4-6-15;3-2(4,5)1(6)7/h2-8,13-14H,9-12H2,1H3,(H,21,23)(H,24,25);(H,6,7). The third-order valence-corrected chi connectivity index (χ3v) is 4.91. The second-order valence-corrected chi connectivity index (χ2v) is 7.33. The van der Waals surface area contributed by atoms with E-state index in [-0.39, 0.29) is 11.5 Å². The monoisotopic (exact) mass is 452 g/mol. The Hall–Kier alpha value is -3.56. The Bertz CT molecular complexity index is 956. The molecule has 7 nitrogen and oxygen atoms in total. The molecule has 10 heteroatoms. The number of hydrogen-bond acceptors (Lipinski definition) is 4. The van der Waals surface area contributed by atoms with Crippen molar-refractivity contribution in [2.24, 2.45) is 5.92 Å². The number of nitrogens with one attached hydrogen (secondary N) is 1. The number of piperidine rings is 1. The van der Waals surface area contributed by atoms with Crippen LogP contribution in [0.5, 0.6) is 0 Å². The zero-order valence-electron chi connectivity index (χ0n) is 17.2. The normalized spacial score (nSPS) is 14.2. The molecule has 3 rings (SSSR count). The van der Waals surface area contributed by atoms with Gasteiger partial charge in [0.25, 0.3) is 5.91 Å². The molecule has 2 aromatic carbocycles. The van der Waals surface area contributed by atoms with Crippen LogP contribution in [0, 0.1) is 5.92 Å². The van der Waals surface area contributed by atoms with E-state index in [1.807, 2.05) is 12.1 Å². The van der Waals surface area contributed by atoms with Gasteiger partial charge in [0, 0.05) is 24.3 Å². The van der Waals surface area contributed by atoms with E-state index >= 15 is 0 Å². The zero-order chi connectivity index (χ0) is 23.9. The Morgan fingerprint density at radius 1 is 1.00 bits per heavy atom. The van der Waals surface area contributed by atoms with Crippen molar-refractivity contribution in [1.29, 1.82) is 0 Å². The average Bonchev–Trinajstić information content (AvgIpc) is 2.75. The first-order valence-corrected chi connectivity index (χ1v) is 9.78. The maximum absolute atomic E-state index is 12.3. The minimum Gasteiger partial charge on any atom is -0.478 e. The van der Waals surface area contributed by atoms with Crippen molar-refractivity contribution in [3.63, 3.8) is 0 Å². The third-order valence-electron chi connectivity index (χ3n) is 4.91. The molecule has 0 radical (unpaired) electrons. The molecule has 172 valence electrons. The summed E-state index contributed by atoms with van der Waals surface area (Å²) < 4.78 is 31.7. The van der Waals surface area contributed by atoms with Crippen LogP contribution in [-0.2, 0) is 4.79 Å². The summed E-state index contributed by atoms with van der Waals surface area (Å²) in [7, 11) is 0. The predicted octanol–water partition coefficient (Wildman–Crippen LogP) is 4.51. The fourth-order valence-electron chi connectivity index (χ4n) is 3.07. The topological polar surface area (TPSA) is 107 Å². The fourth-order valence-corrected chi connectivity index (χ4v) is 3.07. The molecule has 32 heavy (non-hydrogen) atoms. The summed E-state index contributed by atoms with van der Waals surface area (Å²) in [4.78, 5) is 35.1. The van der Waals surface area contributed by atoms with Gasteiger partial charge in [-0.05, 0) is 49.1 Å². The van der Waals surface area contributed by atoms with E-state index in [0.29, 0.717) is 17.2 Å². The molecule has 0 aliphatic carbocycles. The van der Waals surface area contributed by atoms with Crippen LogP contribution in [0.15, 0.2) is 48.5 Å². The summed E-state index contributed by atoms with van der Waals surface area (Å²) in [5.41, 5.74) is 1.81. The predicted molar refractivity (Wildman–Crippen MR) is 112 cm³/mol. The van der Waals surface area contributed by atoms with Crippen LogP contribution in [0.1, 0.15) is 40.5 Å². The van der Waals surface area contributed by atoms with Crippen molar-refractivity contribution in [3.8, 4) is 0 Å². The van der Waals surface area contributed by atoms with Crippen molar-refractivity contribution in [2.75, 3.05) is 23.3 Å². The molecule has 0 aromatic heterocycles. The first-order chi connectivity index (χ1) is 15.0. The lowest BCUT2D eigenvalue weighted by Crippen LogP contribution is -2.32. The number of anilines is 2. The first-order valence-electron chi connectivity index (χ1n) is 9.78. The van der Waals surface area contributed by atoms with Gasteiger partial charge in [-0.25, -0.2) is 9.59 Å². The van der Waals surface area contributed by atoms with E-state index in [9.17, 15) is 27.9 Å². The molecular weight excluding hydrogens is 429 g/mol. The van der Waals surface area contributed by atoms with Gasteiger partial charge in [0.2, 0.25) is 0 Å². The molecule has 0 bridgehead atoms. The molecule has 0 saturated carbocycles. The summed E-state index contributed by atoms with van der Waals surface area (Å²) in [5.74, 6) is -3.41. The minimum absolute atomic E-state index is 0.111. The summed E-state index contributed by atoms with van der Waals surface area (Å²) in [5, 5.41) is 19.4. The lowest BCUT2D eigenvalue weighted by molar-refractivity contribution is -0.192. The average molecular weight is 452 g/mol. The number of carbonyl (C=O) groups is 3. The summed E-state index contributed by atoms with van der Waals surface area (Å²) in [6.07, 6.45) is -2.87. The number of aromatic carboxylic acids is 1. The maximum atomic E-state index is 12.3. The smallest absolute Gasteiger partial charge is 0.478 e. The number of rotatable bonds is 4.